The summed E-state index contributed by atoms with van der Waals surface area (Å²) in [5.41, 5.74) is 11.5. The Balaban J connectivity index is 1.38. The van der Waals surface area contributed by atoms with Gasteiger partial charge >= 0.3 is 0 Å². The fourth-order valence-electron chi connectivity index (χ4n) is 7.73. The van der Waals surface area contributed by atoms with Crippen LogP contribution in [0, 0.1) is 0 Å². The van der Waals surface area contributed by atoms with E-state index in [-0.39, 0.29) is 0 Å². The van der Waals surface area contributed by atoms with Gasteiger partial charge in [-0.15, -0.1) is 0 Å². The normalized spacial score (nSPS) is 12.2. The molecule has 0 aliphatic carbocycles. The molecule has 10 rings (SSSR count). The quantitative estimate of drug-likeness (QED) is 0.149. The first-order chi connectivity index (χ1) is 23.3. The van der Waals surface area contributed by atoms with Crippen molar-refractivity contribution in [3.63, 3.8) is 0 Å². The van der Waals surface area contributed by atoms with E-state index in [0.717, 1.165) is 28.1 Å². The third kappa shape index (κ3) is 3.82. The lowest BCUT2D eigenvalue weighted by molar-refractivity contribution is 1.28. The first kappa shape index (κ1) is 26.0. The molecular formula is C45H28N2. The van der Waals surface area contributed by atoms with Crippen molar-refractivity contribution in [3.8, 4) is 33.5 Å². The molecule has 0 saturated carbocycles. The van der Waals surface area contributed by atoms with Gasteiger partial charge in [-0.25, -0.2) is 4.98 Å². The van der Waals surface area contributed by atoms with E-state index in [1.165, 1.54) is 65.6 Å². The van der Waals surface area contributed by atoms with E-state index in [2.05, 4.69) is 175 Å². The van der Waals surface area contributed by atoms with Gasteiger partial charge in [0.05, 0.1) is 28.3 Å². The number of hydrogen-bond donors (Lipinski definition) is 0. The molecule has 0 spiro atoms. The summed E-state index contributed by atoms with van der Waals surface area (Å²) in [7, 11) is 0. The van der Waals surface area contributed by atoms with Gasteiger partial charge in [0.1, 0.15) is 0 Å². The summed E-state index contributed by atoms with van der Waals surface area (Å²) in [6.45, 7) is 0. The zero-order valence-electron chi connectivity index (χ0n) is 25.6. The van der Waals surface area contributed by atoms with E-state index in [4.69, 9.17) is 4.98 Å². The van der Waals surface area contributed by atoms with Crippen molar-refractivity contribution in [2.45, 2.75) is 0 Å². The first-order valence-electron chi connectivity index (χ1n) is 16.2. The molecule has 9 aromatic rings. The second-order valence-electron chi connectivity index (χ2n) is 12.3. The number of rotatable bonds is 3. The minimum absolute atomic E-state index is 1.01. The highest BCUT2D eigenvalue weighted by Crippen LogP contribution is 2.55. The molecule has 0 radical (unpaired) electrons. The highest BCUT2D eigenvalue weighted by atomic mass is 15.2. The van der Waals surface area contributed by atoms with Gasteiger partial charge in [0.15, 0.2) is 0 Å². The van der Waals surface area contributed by atoms with Gasteiger partial charge in [-0.05, 0) is 62.7 Å². The van der Waals surface area contributed by atoms with Crippen LogP contribution in [-0.4, -0.2) is 4.98 Å². The van der Waals surface area contributed by atoms with Crippen LogP contribution in [0.4, 0.5) is 17.1 Å². The first-order valence-corrected chi connectivity index (χ1v) is 16.2. The van der Waals surface area contributed by atoms with Crippen molar-refractivity contribution in [2.24, 2.45) is 0 Å². The Labute approximate surface area is 272 Å². The summed E-state index contributed by atoms with van der Waals surface area (Å²) in [6.07, 6.45) is 0. The van der Waals surface area contributed by atoms with Crippen LogP contribution in [0.25, 0.3) is 76.7 Å². The maximum Gasteiger partial charge on any atom is 0.0830 e. The molecule has 0 bridgehead atoms. The molecule has 2 heteroatoms. The van der Waals surface area contributed by atoms with Crippen molar-refractivity contribution in [1.82, 2.24) is 4.98 Å². The Morgan fingerprint density at radius 1 is 0.383 bits per heavy atom. The Kier molecular flexibility index (Phi) is 5.61. The number of para-hydroxylation sites is 1. The van der Waals surface area contributed by atoms with Gasteiger partial charge in [0.25, 0.3) is 0 Å². The largest absolute Gasteiger partial charge is 0.308 e. The van der Waals surface area contributed by atoms with Crippen LogP contribution < -0.4 is 4.90 Å². The lowest BCUT2D eigenvalue weighted by Crippen LogP contribution is -2.17. The Hall–Kier alpha value is -6.25. The Morgan fingerprint density at radius 2 is 0.957 bits per heavy atom. The van der Waals surface area contributed by atoms with Crippen LogP contribution in [0.3, 0.4) is 0 Å². The molecule has 2 heterocycles. The summed E-state index contributed by atoms with van der Waals surface area (Å²) >= 11 is 0. The third-order valence-corrected chi connectivity index (χ3v) is 9.74. The number of fused-ring (bicyclic) bond motifs is 6. The van der Waals surface area contributed by atoms with Crippen LogP contribution in [0.15, 0.2) is 170 Å². The fourth-order valence-corrected chi connectivity index (χ4v) is 7.73. The number of anilines is 3. The van der Waals surface area contributed by atoms with Crippen molar-refractivity contribution >= 4 is 60.3 Å². The zero-order chi connectivity index (χ0) is 30.9. The molecule has 8 aromatic carbocycles. The average molecular weight is 597 g/mol. The Bertz CT molecular complexity index is 2620. The van der Waals surface area contributed by atoms with Crippen molar-refractivity contribution in [3.05, 3.63) is 170 Å². The topological polar surface area (TPSA) is 16.1 Å². The number of hydrogen-bond acceptors (Lipinski definition) is 2. The summed E-state index contributed by atoms with van der Waals surface area (Å²) < 4.78 is 0. The van der Waals surface area contributed by atoms with E-state index < -0.39 is 0 Å². The second-order valence-corrected chi connectivity index (χ2v) is 12.3. The van der Waals surface area contributed by atoms with Crippen molar-refractivity contribution in [1.29, 1.82) is 0 Å². The summed E-state index contributed by atoms with van der Waals surface area (Å²) in [4.78, 5) is 7.90. The van der Waals surface area contributed by atoms with Crippen LogP contribution in [0.1, 0.15) is 0 Å². The molecule has 1 aromatic heterocycles. The highest BCUT2D eigenvalue weighted by Gasteiger charge is 2.31. The molecule has 0 N–H and O–H groups in total. The minimum atomic E-state index is 1.01. The predicted octanol–water partition coefficient (Wildman–Crippen LogP) is 12.5. The smallest absolute Gasteiger partial charge is 0.0830 e. The van der Waals surface area contributed by atoms with Crippen molar-refractivity contribution in [2.75, 3.05) is 4.90 Å². The maximum absolute atomic E-state index is 5.39. The molecule has 1 aliphatic rings. The molecule has 0 fully saturated rings. The van der Waals surface area contributed by atoms with Crippen LogP contribution in [0.5, 0.6) is 0 Å². The van der Waals surface area contributed by atoms with Gasteiger partial charge in [0.2, 0.25) is 0 Å². The fraction of sp³-hybridized carbons (Fsp3) is 0. The number of benzene rings is 8. The monoisotopic (exact) mass is 596 g/mol. The average Bonchev–Trinajstić information content (AvgIpc) is 3.15. The number of aromatic nitrogens is 1. The summed E-state index contributed by atoms with van der Waals surface area (Å²) in [5, 5.41) is 8.50. The van der Waals surface area contributed by atoms with E-state index in [9.17, 15) is 0 Å². The van der Waals surface area contributed by atoms with E-state index in [1.54, 1.807) is 0 Å². The molecule has 0 saturated heterocycles. The number of nitrogens with zero attached hydrogens (tertiary/aromatic N) is 2. The van der Waals surface area contributed by atoms with E-state index in [1.807, 2.05) is 0 Å². The molecule has 0 amide bonds. The lowest BCUT2D eigenvalue weighted by atomic mass is 9.87. The van der Waals surface area contributed by atoms with Crippen molar-refractivity contribution < 1.29 is 0 Å². The third-order valence-electron chi connectivity index (χ3n) is 9.74. The van der Waals surface area contributed by atoms with Gasteiger partial charge in [-0.3, -0.25) is 0 Å². The summed E-state index contributed by atoms with van der Waals surface area (Å²) in [6, 6.07) is 61.4. The van der Waals surface area contributed by atoms with Gasteiger partial charge in [0, 0.05) is 27.1 Å². The highest BCUT2D eigenvalue weighted by molar-refractivity contribution is 6.26. The summed E-state index contributed by atoms with van der Waals surface area (Å²) in [5.74, 6) is 0. The van der Waals surface area contributed by atoms with E-state index in [0.29, 0.717) is 0 Å². The molecule has 1 aliphatic heterocycles. The molecule has 2 nitrogen and oxygen atoms in total. The van der Waals surface area contributed by atoms with E-state index >= 15 is 0 Å². The van der Waals surface area contributed by atoms with Crippen LogP contribution >= 0.6 is 0 Å². The van der Waals surface area contributed by atoms with Crippen LogP contribution in [-0.2, 0) is 0 Å². The van der Waals surface area contributed by atoms with Gasteiger partial charge in [-0.1, -0.05) is 146 Å². The zero-order valence-corrected chi connectivity index (χ0v) is 25.6. The number of pyridine rings is 1. The standard InChI is InChI=1S/C45H28N2/c1-3-14-29(15-4-1)31-26-27-40-38(28-31)44-43-33(32-18-11-12-24-39(32)46-44)23-13-25-41(43)47(40)45-36-21-9-7-19-34(36)42(30-16-5-2-6-17-30)35-20-8-10-22-37(35)45/h1-28H. The molecule has 218 valence electrons. The molecule has 0 atom stereocenters. The van der Waals surface area contributed by atoms with Gasteiger partial charge in [-0.2, -0.15) is 0 Å². The van der Waals surface area contributed by atoms with Crippen LogP contribution in [0.2, 0.25) is 0 Å². The SMILES string of the molecule is c1ccc(-c2ccc3c(c2)-c2nc4ccccc4c4cccc(c24)N3c2c3ccccc3c(-c3ccccc3)c3ccccc23)cc1. The second kappa shape index (κ2) is 10.1. The van der Waals surface area contributed by atoms with Gasteiger partial charge < -0.3 is 4.90 Å². The molecular weight excluding hydrogens is 569 g/mol. The lowest BCUT2D eigenvalue weighted by Gasteiger charge is -2.35. The predicted molar refractivity (Wildman–Crippen MR) is 199 cm³/mol. The maximum atomic E-state index is 5.39. The minimum Gasteiger partial charge on any atom is -0.308 e. The Morgan fingerprint density at radius 3 is 1.66 bits per heavy atom. The molecule has 0 unspecified atom stereocenters. The molecule has 47 heavy (non-hydrogen) atoms.